The van der Waals surface area contributed by atoms with E-state index in [-0.39, 0.29) is 5.75 Å². The average molecular weight is 257 g/mol. The molecule has 0 fully saturated rings. The summed E-state index contributed by atoms with van der Waals surface area (Å²) in [5.41, 5.74) is 1.90. The minimum atomic E-state index is -1.89. The smallest absolute Gasteiger partial charge is 0.117 e. The minimum Gasteiger partial charge on any atom is -0.508 e. The van der Waals surface area contributed by atoms with Gasteiger partial charge in [-0.3, -0.25) is 0 Å². The number of aliphatic hydroxyl groups is 1. The summed E-state index contributed by atoms with van der Waals surface area (Å²) in [5, 5.41) is 21.7. The van der Waals surface area contributed by atoms with Gasteiger partial charge in [-0.15, -0.1) is 0 Å². The molecule has 18 heavy (non-hydrogen) atoms. The fraction of sp³-hybridized carbons (Fsp3) is 0.214. The molecule has 92 valence electrons. The maximum Gasteiger partial charge on any atom is 0.117 e. The highest BCUT2D eigenvalue weighted by molar-refractivity contribution is 7.00. The zero-order valence-corrected chi connectivity index (χ0v) is 11.4. The van der Waals surface area contributed by atoms with Gasteiger partial charge in [0.2, 0.25) is 0 Å². The van der Waals surface area contributed by atoms with Crippen molar-refractivity contribution in [1.29, 1.82) is 0 Å². The molecular formula is C14H15NO2Si. The molecule has 1 aromatic rings. The topological polar surface area (TPSA) is 52.8 Å². The van der Waals surface area contributed by atoms with Gasteiger partial charge in [-0.25, -0.2) is 4.99 Å². The summed E-state index contributed by atoms with van der Waals surface area (Å²) >= 11 is 0. The van der Waals surface area contributed by atoms with Gasteiger partial charge in [-0.2, -0.15) is 0 Å². The Morgan fingerprint density at radius 2 is 2.06 bits per heavy atom. The third-order valence-electron chi connectivity index (χ3n) is 3.63. The van der Waals surface area contributed by atoms with Crippen LogP contribution < -0.4 is 5.19 Å². The van der Waals surface area contributed by atoms with Gasteiger partial charge in [0.25, 0.3) is 0 Å². The van der Waals surface area contributed by atoms with E-state index < -0.39 is 14.2 Å². The molecule has 2 aliphatic rings. The molecule has 3 nitrogen and oxygen atoms in total. The average Bonchev–Trinajstić information content (AvgIpc) is 2.32. The molecule has 1 aromatic carbocycles. The Morgan fingerprint density at radius 3 is 2.83 bits per heavy atom. The Bertz CT molecular complexity index is 614. The van der Waals surface area contributed by atoms with Gasteiger partial charge in [-0.05, 0) is 34.7 Å². The van der Waals surface area contributed by atoms with E-state index in [1.165, 1.54) is 0 Å². The van der Waals surface area contributed by atoms with Crippen LogP contribution in [0.5, 0.6) is 5.75 Å². The molecule has 1 aliphatic carbocycles. The Kier molecular flexibility index (Phi) is 2.33. The molecule has 0 spiro atoms. The summed E-state index contributed by atoms with van der Waals surface area (Å²) in [6, 6.07) is 5.35. The van der Waals surface area contributed by atoms with Crippen molar-refractivity contribution in [2.45, 2.75) is 19.2 Å². The highest BCUT2D eigenvalue weighted by Crippen LogP contribution is 2.32. The van der Waals surface area contributed by atoms with Crippen molar-refractivity contribution >= 4 is 24.7 Å². The van der Waals surface area contributed by atoms with E-state index in [9.17, 15) is 10.2 Å². The summed E-state index contributed by atoms with van der Waals surface area (Å²) in [6.07, 6.45) is 5.01. The molecule has 0 aromatic heterocycles. The van der Waals surface area contributed by atoms with Crippen LogP contribution in [0.15, 0.2) is 46.6 Å². The Balaban J connectivity index is 2.27. The van der Waals surface area contributed by atoms with E-state index in [0.717, 1.165) is 21.8 Å². The molecular weight excluding hydrogens is 242 g/mol. The number of rotatable bonds is 0. The van der Waals surface area contributed by atoms with Crippen molar-refractivity contribution in [1.82, 2.24) is 0 Å². The molecule has 0 amide bonds. The lowest BCUT2D eigenvalue weighted by Gasteiger charge is -2.34. The highest BCUT2D eigenvalue weighted by atomic mass is 28.3. The van der Waals surface area contributed by atoms with Crippen molar-refractivity contribution in [3.8, 4) is 5.75 Å². The first-order chi connectivity index (χ1) is 8.48. The third-order valence-corrected chi connectivity index (χ3v) is 7.15. The van der Waals surface area contributed by atoms with Crippen LogP contribution in [0.4, 0.5) is 5.69 Å². The summed E-state index contributed by atoms with van der Waals surface area (Å²) in [5.74, 6) is 0.278. The van der Waals surface area contributed by atoms with Gasteiger partial charge in [0.05, 0.1) is 17.5 Å². The Hall–Kier alpha value is -1.65. The second-order valence-corrected chi connectivity index (χ2v) is 9.58. The van der Waals surface area contributed by atoms with Crippen LogP contribution in [0, 0.1) is 0 Å². The molecule has 3 rings (SSSR count). The van der Waals surface area contributed by atoms with Crippen molar-refractivity contribution in [2.75, 3.05) is 0 Å². The monoisotopic (exact) mass is 257 g/mol. The van der Waals surface area contributed by atoms with Crippen LogP contribution in [-0.2, 0) is 0 Å². The number of phenolic OH excluding ortho intramolecular Hbond substituents is 1. The summed E-state index contributed by atoms with van der Waals surface area (Å²) in [7, 11) is -1.89. The number of aliphatic hydroxyl groups excluding tert-OH is 1. The van der Waals surface area contributed by atoms with Crippen LogP contribution >= 0.6 is 0 Å². The van der Waals surface area contributed by atoms with E-state index in [4.69, 9.17) is 0 Å². The van der Waals surface area contributed by atoms with Crippen LogP contribution in [0.2, 0.25) is 13.1 Å². The number of hydrogen-bond acceptors (Lipinski definition) is 3. The van der Waals surface area contributed by atoms with Crippen LogP contribution in [0.3, 0.4) is 0 Å². The van der Waals surface area contributed by atoms with Gasteiger partial charge < -0.3 is 10.2 Å². The number of aromatic hydroxyl groups is 1. The van der Waals surface area contributed by atoms with Crippen LogP contribution in [-0.4, -0.2) is 30.1 Å². The normalized spacial score (nSPS) is 23.8. The minimum absolute atomic E-state index is 0.278. The number of phenols is 1. The molecule has 1 aliphatic heterocycles. The predicted octanol–water partition coefficient (Wildman–Crippen LogP) is 1.79. The first-order valence-electron chi connectivity index (χ1n) is 5.99. The molecule has 1 heterocycles. The highest BCUT2D eigenvalue weighted by Gasteiger charge is 2.37. The lowest BCUT2D eigenvalue weighted by atomic mass is 10.1. The van der Waals surface area contributed by atoms with E-state index in [2.05, 4.69) is 18.1 Å². The predicted molar refractivity (Wildman–Crippen MR) is 75.5 cm³/mol. The van der Waals surface area contributed by atoms with Gasteiger partial charge in [0.1, 0.15) is 13.8 Å². The molecule has 0 saturated carbocycles. The van der Waals surface area contributed by atoms with E-state index in [0.29, 0.717) is 0 Å². The quantitative estimate of drug-likeness (QED) is 0.696. The number of fused-ring (bicyclic) bond motifs is 2. The Labute approximate surface area is 107 Å². The Morgan fingerprint density at radius 1 is 1.28 bits per heavy atom. The number of nitrogens with zero attached hydrogens (tertiary/aromatic N) is 1. The zero-order chi connectivity index (χ0) is 12.9. The van der Waals surface area contributed by atoms with Crippen molar-refractivity contribution in [3.63, 3.8) is 0 Å². The van der Waals surface area contributed by atoms with Crippen molar-refractivity contribution < 1.29 is 10.2 Å². The SMILES string of the molecule is C[Si]1(C)C2=CC(O)C=CC2=Nc2ccc(O)cc21. The molecule has 0 bridgehead atoms. The maximum atomic E-state index is 9.74. The standard InChI is InChI=1S/C14H15NO2Si/c1-18(2)13-7-9(16)3-5-11(13)15-12-6-4-10(17)8-14(12)18/h3-9,16-17H,1-2H3. The van der Waals surface area contributed by atoms with E-state index in [1.807, 2.05) is 24.3 Å². The van der Waals surface area contributed by atoms with Crippen LogP contribution in [0.25, 0.3) is 0 Å². The second kappa shape index (κ2) is 3.67. The largest absolute Gasteiger partial charge is 0.508 e. The molecule has 1 atom stereocenters. The van der Waals surface area contributed by atoms with Gasteiger partial charge in [0, 0.05) is 0 Å². The molecule has 2 N–H and O–H groups in total. The molecule has 1 unspecified atom stereocenters. The first kappa shape index (κ1) is 11.4. The van der Waals surface area contributed by atoms with E-state index in [1.54, 1.807) is 12.1 Å². The molecule has 0 radical (unpaired) electrons. The number of hydrogen-bond donors (Lipinski definition) is 2. The summed E-state index contributed by atoms with van der Waals surface area (Å²) in [4.78, 5) is 4.61. The first-order valence-corrected chi connectivity index (χ1v) is 8.99. The zero-order valence-electron chi connectivity index (χ0n) is 10.4. The second-order valence-electron chi connectivity index (χ2n) is 5.25. The number of allylic oxidation sites excluding steroid dienone is 2. The van der Waals surface area contributed by atoms with Crippen molar-refractivity contribution in [2.24, 2.45) is 4.99 Å². The van der Waals surface area contributed by atoms with E-state index >= 15 is 0 Å². The molecule has 4 heteroatoms. The van der Waals surface area contributed by atoms with Crippen molar-refractivity contribution in [3.05, 3.63) is 41.6 Å². The fourth-order valence-corrected chi connectivity index (χ4v) is 5.56. The maximum absolute atomic E-state index is 9.74. The van der Waals surface area contributed by atoms with Crippen LogP contribution in [0.1, 0.15) is 0 Å². The number of aliphatic imine (C=N–C) groups is 1. The van der Waals surface area contributed by atoms with Gasteiger partial charge >= 0.3 is 0 Å². The number of benzene rings is 1. The summed E-state index contributed by atoms with van der Waals surface area (Å²) < 4.78 is 0. The molecule has 0 saturated heterocycles. The lowest BCUT2D eigenvalue weighted by Crippen LogP contribution is -2.49. The third kappa shape index (κ3) is 1.57. The lowest BCUT2D eigenvalue weighted by molar-refractivity contribution is 0.271. The van der Waals surface area contributed by atoms with Gasteiger partial charge in [0.15, 0.2) is 0 Å². The van der Waals surface area contributed by atoms with Gasteiger partial charge in [-0.1, -0.05) is 25.2 Å². The summed E-state index contributed by atoms with van der Waals surface area (Å²) in [6.45, 7) is 4.44. The fourth-order valence-electron chi connectivity index (χ4n) is 2.61.